The summed E-state index contributed by atoms with van der Waals surface area (Å²) in [7, 11) is -6.04. The van der Waals surface area contributed by atoms with Crippen molar-refractivity contribution in [3.63, 3.8) is 0 Å². The van der Waals surface area contributed by atoms with Gasteiger partial charge >= 0.3 is 0 Å². The minimum absolute atomic E-state index is 0.0247. The van der Waals surface area contributed by atoms with Crippen LogP contribution in [0.25, 0.3) is 0 Å². The summed E-state index contributed by atoms with van der Waals surface area (Å²) in [6, 6.07) is 14.3. The van der Waals surface area contributed by atoms with Gasteiger partial charge in [0.25, 0.3) is 0 Å². The smallest absolute Gasteiger partial charge is 0.205 e. The van der Waals surface area contributed by atoms with Crippen molar-refractivity contribution in [1.82, 2.24) is 0 Å². The molecule has 0 atom stereocenters. The highest BCUT2D eigenvalue weighted by Gasteiger charge is 2.20. The fourth-order valence-corrected chi connectivity index (χ4v) is 4.47. The third-order valence-electron chi connectivity index (χ3n) is 3.57. The van der Waals surface area contributed by atoms with Gasteiger partial charge in [-0.25, -0.2) is 16.8 Å². The minimum Gasteiger partial charge on any atom is -0.379 e. The lowest BCUT2D eigenvalue weighted by Gasteiger charge is -2.08. The molecule has 0 aliphatic heterocycles. The Morgan fingerprint density at radius 3 is 2.12 bits per heavy atom. The van der Waals surface area contributed by atoms with Crippen LogP contribution in [0.2, 0.25) is 0 Å². The zero-order valence-corrected chi connectivity index (χ0v) is 16.1. The molecule has 0 aromatic heterocycles. The van der Waals surface area contributed by atoms with Crippen molar-refractivity contribution in [3.8, 4) is 0 Å². The molecular weight excluding hydrogens is 372 g/mol. The topological polar surface area (TPSA) is 77.5 Å². The molecule has 0 bridgehead atoms. The number of hydrogen-bond acceptors (Lipinski definition) is 5. The fourth-order valence-electron chi connectivity index (χ4n) is 2.17. The molecule has 2 aromatic rings. The molecule has 7 heteroatoms. The summed E-state index contributed by atoms with van der Waals surface area (Å²) in [5.74, 6) is 0. The quantitative estimate of drug-likeness (QED) is 0.676. The van der Waals surface area contributed by atoms with E-state index in [1.165, 1.54) is 43.5 Å². The maximum Gasteiger partial charge on any atom is 0.205 e. The van der Waals surface area contributed by atoms with Gasteiger partial charge in [0.05, 0.1) is 21.3 Å². The monoisotopic (exact) mass is 392 g/mol. The van der Waals surface area contributed by atoms with Crippen molar-refractivity contribution in [2.45, 2.75) is 16.7 Å². The van der Waals surface area contributed by atoms with Crippen molar-refractivity contribution in [2.75, 3.05) is 13.7 Å². The molecule has 0 heterocycles. The van der Waals surface area contributed by atoms with Gasteiger partial charge in [-0.1, -0.05) is 35.9 Å². The van der Waals surface area contributed by atoms with Crippen molar-refractivity contribution in [1.29, 1.82) is 0 Å². The van der Waals surface area contributed by atoms with Crippen LogP contribution in [0.5, 0.6) is 0 Å². The summed E-state index contributed by atoms with van der Waals surface area (Å²) < 4.78 is 54.9. The van der Waals surface area contributed by atoms with E-state index >= 15 is 0 Å². The number of methoxy groups -OCH3 is 1. The summed E-state index contributed by atoms with van der Waals surface area (Å²) >= 11 is 0. The van der Waals surface area contributed by atoms with Crippen molar-refractivity contribution < 1.29 is 21.6 Å². The van der Waals surface area contributed by atoms with Gasteiger partial charge in [0, 0.05) is 12.5 Å². The Bertz CT molecular complexity index is 1000. The molecule has 0 aliphatic carbocycles. The number of allylic oxidation sites excluding steroid dienone is 2. The van der Waals surface area contributed by atoms with Crippen LogP contribution < -0.4 is 0 Å². The number of hydrogen-bond donors (Lipinski definition) is 0. The third-order valence-corrected chi connectivity index (χ3v) is 6.86. The molecule has 2 rings (SSSR count). The van der Waals surface area contributed by atoms with E-state index in [1.807, 2.05) is 6.92 Å². The van der Waals surface area contributed by atoms with E-state index in [2.05, 4.69) is 0 Å². The van der Waals surface area contributed by atoms with E-state index < -0.39 is 19.7 Å². The molecule has 2 aromatic carbocycles. The molecule has 26 heavy (non-hydrogen) atoms. The van der Waals surface area contributed by atoms with Crippen molar-refractivity contribution >= 4 is 19.7 Å². The van der Waals surface area contributed by atoms with Crippen LogP contribution in [0, 0.1) is 6.92 Å². The Kier molecular flexibility index (Phi) is 6.52. The zero-order chi connectivity index (χ0) is 19.2. The predicted molar refractivity (Wildman–Crippen MR) is 101 cm³/mol. The first kappa shape index (κ1) is 20.1. The van der Waals surface area contributed by atoms with Crippen molar-refractivity contribution in [2.24, 2.45) is 0 Å². The molecule has 0 aliphatic rings. The number of rotatable bonds is 7. The molecule has 5 nitrogen and oxygen atoms in total. The summed E-state index contributed by atoms with van der Waals surface area (Å²) in [4.78, 5) is 0.244. The van der Waals surface area contributed by atoms with Crippen LogP contribution in [-0.4, -0.2) is 30.6 Å². The highest BCUT2D eigenvalue weighted by molar-refractivity contribution is 7.95. The molecule has 0 spiro atoms. The van der Waals surface area contributed by atoms with Gasteiger partial charge in [-0.05, 0) is 43.3 Å². The summed E-state index contributed by atoms with van der Waals surface area (Å²) in [5.41, 5.74) is 0.940. The van der Waals surface area contributed by atoms with Crippen LogP contribution in [0.4, 0.5) is 0 Å². The first-order valence-electron chi connectivity index (χ1n) is 7.75. The summed E-state index contributed by atoms with van der Waals surface area (Å²) in [6.45, 7) is 1.70. The lowest BCUT2D eigenvalue weighted by atomic mass is 10.2. The van der Waals surface area contributed by atoms with Crippen LogP contribution in [0.3, 0.4) is 0 Å². The van der Waals surface area contributed by atoms with E-state index in [1.54, 1.807) is 30.3 Å². The van der Waals surface area contributed by atoms with Gasteiger partial charge in [-0.15, -0.1) is 0 Å². The van der Waals surface area contributed by atoms with Gasteiger partial charge < -0.3 is 4.74 Å². The van der Waals surface area contributed by atoms with Gasteiger partial charge in [-0.2, -0.15) is 0 Å². The Balaban J connectivity index is 2.36. The average Bonchev–Trinajstić information content (AvgIpc) is 2.62. The Labute approximate surface area is 154 Å². The van der Waals surface area contributed by atoms with Crippen LogP contribution >= 0.6 is 0 Å². The van der Waals surface area contributed by atoms with Crippen LogP contribution in [-0.2, 0) is 24.4 Å². The predicted octanol–water partition coefficient (Wildman–Crippen LogP) is 3.29. The second-order valence-corrected chi connectivity index (χ2v) is 9.41. The second-order valence-electron chi connectivity index (χ2n) is 5.57. The molecule has 0 saturated carbocycles. The SMILES string of the molecule is COCC(=C/C=C/S(=O)(=O)c1ccccc1)S(=O)(=O)c1ccc(C)cc1. The van der Waals surface area contributed by atoms with Crippen LogP contribution in [0.15, 0.2) is 86.9 Å². The first-order valence-corrected chi connectivity index (χ1v) is 10.8. The van der Waals surface area contributed by atoms with E-state index in [0.717, 1.165) is 11.0 Å². The Morgan fingerprint density at radius 2 is 1.54 bits per heavy atom. The second kappa shape index (κ2) is 8.44. The standard InChI is InChI=1S/C19H20O5S2/c1-16-10-12-18(13-11-16)26(22,23)19(15-24-2)9-6-14-25(20,21)17-7-4-3-5-8-17/h3-14H,15H2,1-2H3/b14-6+,19-9?. The molecule has 0 fully saturated rings. The van der Waals surface area contributed by atoms with Gasteiger partial charge in [0.15, 0.2) is 9.84 Å². The molecular formula is C19H20O5S2. The maximum atomic E-state index is 12.7. The van der Waals surface area contributed by atoms with E-state index in [0.29, 0.717) is 0 Å². The lowest BCUT2D eigenvalue weighted by molar-refractivity contribution is 0.230. The number of sulfone groups is 2. The van der Waals surface area contributed by atoms with Crippen molar-refractivity contribution in [3.05, 3.63) is 82.6 Å². The summed E-state index contributed by atoms with van der Waals surface area (Å²) in [5, 5.41) is 0.975. The van der Waals surface area contributed by atoms with Gasteiger partial charge in [-0.3, -0.25) is 0 Å². The van der Waals surface area contributed by atoms with E-state index in [9.17, 15) is 16.8 Å². The first-order chi connectivity index (χ1) is 12.3. The molecule has 0 saturated heterocycles. The molecule has 0 unspecified atom stereocenters. The average molecular weight is 392 g/mol. The molecule has 138 valence electrons. The number of benzene rings is 2. The molecule has 0 N–H and O–H groups in total. The largest absolute Gasteiger partial charge is 0.379 e. The molecule has 0 radical (unpaired) electrons. The summed E-state index contributed by atoms with van der Waals surface area (Å²) in [6.07, 6.45) is 2.46. The minimum atomic E-state index is -3.77. The lowest BCUT2D eigenvalue weighted by Crippen LogP contribution is -2.09. The fraction of sp³-hybridized carbons (Fsp3) is 0.158. The third kappa shape index (κ3) is 4.91. The Morgan fingerprint density at radius 1 is 0.923 bits per heavy atom. The van der Waals surface area contributed by atoms with E-state index in [4.69, 9.17) is 4.74 Å². The van der Waals surface area contributed by atoms with Gasteiger partial charge in [0.2, 0.25) is 9.84 Å². The zero-order valence-electron chi connectivity index (χ0n) is 14.5. The Hall–Kier alpha value is -2.22. The normalized spacial score (nSPS) is 13.2. The highest BCUT2D eigenvalue weighted by Crippen LogP contribution is 2.20. The van der Waals surface area contributed by atoms with E-state index in [-0.39, 0.29) is 21.3 Å². The number of aryl methyl sites for hydroxylation is 1. The highest BCUT2D eigenvalue weighted by atomic mass is 32.2. The number of ether oxygens (including phenoxy) is 1. The molecule has 0 amide bonds. The maximum absolute atomic E-state index is 12.7. The van der Waals surface area contributed by atoms with Crippen LogP contribution in [0.1, 0.15) is 5.56 Å². The van der Waals surface area contributed by atoms with Gasteiger partial charge in [0.1, 0.15) is 0 Å².